The van der Waals surface area contributed by atoms with Crippen LogP contribution in [0.3, 0.4) is 0 Å². The van der Waals surface area contributed by atoms with Gasteiger partial charge in [0.1, 0.15) is 5.69 Å². The Hall–Kier alpha value is -1.90. The number of H-pyrrole nitrogens is 2. The number of hydrogen-bond donors (Lipinski definition) is 2. The number of aromatic nitrogens is 2. The first-order valence-electron chi connectivity index (χ1n) is 4.96. The molecule has 2 aromatic rings. The highest BCUT2D eigenvalue weighted by molar-refractivity contribution is 7.81. The smallest absolute Gasteiger partial charge is 0.325 e. The summed E-state index contributed by atoms with van der Waals surface area (Å²) in [7, 11) is 0. The molecule has 0 spiro atoms. The molecule has 1 heterocycles. The molecule has 0 aliphatic heterocycles. The van der Waals surface area contributed by atoms with Crippen molar-refractivity contribution in [2.24, 2.45) is 0 Å². The van der Waals surface area contributed by atoms with Gasteiger partial charge in [-0.25, -0.2) is 4.79 Å². The van der Waals surface area contributed by atoms with Crippen molar-refractivity contribution in [1.82, 2.24) is 9.97 Å². The second kappa shape index (κ2) is 5.39. The minimum atomic E-state index is -2.75. The van der Waals surface area contributed by atoms with E-state index in [1.807, 2.05) is 4.98 Å². The number of nitrogens with one attached hydrogen (secondary N) is 2. The van der Waals surface area contributed by atoms with Crippen LogP contribution in [0.4, 0.5) is 11.4 Å². The average Bonchev–Trinajstić information content (AvgIpc) is 2.32. The fraction of sp³-hybridized carbons (Fsp3) is 0. The predicted octanol–water partition coefficient (Wildman–Crippen LogP) is 0.649. The second-order valence-corrected chi connectivity index (χ2v) is 4.68. The summed E-state index contributed by atoms with van der Waals surface area (Å²) in [6, 6.07) is 5.94. The molecule has 0 aliphatic carbocycles. The van der Waals surface area contributed by atoms with Crippen LogP contribution in [-0.4, -0.2) is 18.7 Å². The Bertz CT molecular complexity index is 742. The molecule has 0 saturated carbocycles. The van der Waals surface area contributed by atoms with Gasteiger partial charge in [-0.2, -0.15) is 0 Å². The molecule has 19 heavy (non-hydrogen) atoms. The summed E-state index contributed by atoms with van der Waals surface area (Å²) < 4.78 is 23.3. The number of hydrogen-bond acceptors (Lipinski definition) is 4. The standard InChI is InChI=1S/C10H8ClN3O4S/c11-6-2-1-3-7(4-6)14(19(17)18)8-5-12-10(16)13-9(8)15/h1-5H,(H,17,18)(H2,12,13,15,16)/p-1. The van der Waals surface area contributed by atoms with Crippen LogP contribution in [0.1, 0.15) is 0 Å². The number of benzene rings is 1. The molecular formula is C10H7ClN3O4S-. The summed E-state index contributed by atoms with van der Waals surface area (Å²) >= 11 is 3.03. The molecule has 7 nitrogen and oxygen atoms in total. The van der Waals surface area contributed by atoms with Gasteiger partial charge in [0.05, 0.1) is 17.0 Å². The largest absolute Gasteiger partial charge is 0.755 e. The van der Waals surface area contributed by atoms with Crippen molar-refractivity contribution in [1.29, 1.82) is 0 Å². The van der Waals surface area contributed by atoms with Crippen LogP contribution in [0.5, 0.6) is 0 Å². The first-order valence-corrected chi connectivity index (χ1v) is 6.37. The molecule has 2 N–H and O–H groups in total. The van der Waals surface area contributed by atoms with E-state index in [1.54, 1.807) is 6.07 Å². The number of aromatic amines is 2. The minimum absolute atomic E-state index is 0.179. The maximum absolute atomic E-state index is 11.6. The van der Waals surface area contributed by atoms with E-state index in [2.05, 4.69) is 4.98 Å². The van der Waals surface area contributed by atoms with Gasteiger partial charge in [-0.05, 0) is 18.2 Å². The van der Waals surface area contributed by atoms with Gasteiger partial charge in [-0.3, -0.25) is 18.3 Å². The topological polar surface area (TPSA) is 109 Å². The third-order valence-corrected chi connectivity index (χ3v) is 3.15. The van der Waals surface area contributed by atoms with Crippen LogP contribution < -0.4 is 15.6 Å². The highest BCUT2D eigenvalue weighted by Gasteiger charge is 2.14. The highest BCUT2D eigenvalue weighted by Crippen LogP contribution is 2.25. The molecule has 1 aromatic carbocycles. The maximum Gasteiger partial charge on any atom is 0.325 e. The lowest BCUT2D eigenvalue weighted by Gasteiger charge is -2.25. The molecule has 9 heteroatoms. The number of halogens is 1. The van der Waals surface area contributed by atoms with Crippen molar-refractivity contribution in [3.8, 4) is 0 Å². The molecular weight excluding hydrogens is 294 g/mol. The first kappa shape index (κ1) is 13.5. The lowest BCUT2D eigenvalue weighted by Crippen LogP contribution is -2.30. The van der Waals surface area contributed by atoms with Crippen molar-refractivity contribution in [3.63, 3.8) is 0 Å². The third kappa shape index (κ3) is 2.92. The molecule has 0 amide bonds. The Balaban J connectivity index is 2.61. The third-order valence-electron chi connectivity index (χ3n) is 2.21. The van der Waals surface area contributed by atoms with E-state index in [-0.39, 0.29) is 11.4 Å². The average molecular weight is 301 g/mol. The monoisotopic (exact) mass is 300 g/mol. The Morgan fingerprint density at radius 1 is 1.32 bits per heavy atom. The fourth-order valence-corrected chi connectivity index (χ4v) is 2.23. The van der Waals surface area contributed by atoms with Crippen LogP contribution in [0.2, 0.25) is 5.02 Å². The van der Waals surface area contributed by atoms with Gasteiger partial charge < -0.3 is 9.54 Å². The van der Waals surface area contributed by atoms with E-state index in [1.165, 1.54) is 18.2 Å². The number of anilines is 2. The summed E-state index contributed by atoms with van der Waals surface area (Å²) in [6.45, 7) is 0. The molecule has 0 saturated heterocycles. The van der Waals surface area contributed by atoms with Crippen LogP contribution >= 0.6 is 11.6 Å². The normalized spacial score (nSPS) is 12.1. The molecule has 1 atom stereocenters. The first-order chi connectivity index (χ1) is 8.99. The van der Waals surface area contributed by atoms with Crippen molar-refractivity contribution in [2.75, 3.05) is 4.31 Å². The molecule has 1 aromatic heterocycles. The molecule has 0 radical (unpaired) electrons. The van der Waals surface area contributed by atoms with Crippen LogP contribution in [0.15, 0.2) is 40.1 Å². The van der Waals surface area contributed by atoms with E-state index in [0.29, 0.717) is 5.02 Å². The van der Waals surface area contributed by atoms with E-state index < -0.39 is 22.5 Å². The van der Waals surface area contributed by atoms with Gasteiger partial charge in [-0.15, -0.1) is 0 Å². The van der Waals surface area contributed by atoms with Crippen molar-refractivity contribution < 1.29 is 8.76 Å². The zero-order valence-electron chi connectivity index (χ0n) is 9.25. The van der Waals surface area contributed by atoms with E-state index in [4.69, 9.17) is 11.6 Å². The van der Waals surface area contributed by atoms with Gasteiger partial charge in [0.25, 0.3) is 5.56 Å². The van der Waals surface area contributed by atoms with Crippen molar-refractivity contribution in [2.45, 2.75) is 0 Å². The quantitative estimate of drug-likeness (QED) is 0.811. The summed E-state index contributed by atoms with van der Waals surface area (Å²) in [5, 5.41) is 0.314. The lowest BCUT2D eigenvalue weighted by atomic mass is 10.3. The molecule has 100 valence electrons. The molecule has 2 rings (SSSR count). The number of rotatable bonds is 3. The van der Waals surface area contributed by atoms with Crippen molar-refractivity contribution >= 4 is 34.2 Å². The van der Waals surface area contributed by atoms with Crippen LogP contribution in [-0.2, 0) is 11.3 Å². The predicted molar refractivity (Wildman–Crippen MR) is 70.2 cm³/mol. The van der Waals surface area contributed by atoms with E-state index in [0.717, 1.165) is 10.5 Å². The fourth-order valence-electron chi connectivity index (χ4n) is 1.46. The number of nitrogens with zero attached hydrogens (tertiary/aromatic N) is 1. The molecule has 0 aliphatic rings. The van der Waals surface area contributed by atoms with Gasteiger partial charge in [0.2, 0.25) is 0 Å². The Morgan fingerprint density at radius 2 is 2.05 bits per heavy atom. The molecule has 0 bridgehead atoms. The van der Waals surface area contributed by atoms with Gasteiger partial charge in [-0.1, -0.05) is 17.7 Å². The zero-order valence-corrected chi connectivity index (χ0v) is 10.8. The Kier molecular flexibility index (Phi) is 3.84. The Morgan fingerprint density at radius 3 is 2.63 bits per heavy atom. The van der Waals surface area contributed by atoms with Crippen LogP contribution in [0, 0.1) is 0 Å². The SMILES string of the molecule is O=c1[nH]cc(N(c2cccc(Cl)c2)S(=O)[O-])c(=O)[nH]1. The summed E-state index contributed by atoms with van der Waals surface area (Å²) in [5.41, 5.74) is -1.61. The van der Waals surface area contributed by atoms with Gasteiger partial charge in [0.15, 0.2) is 0 Å². The highest BCUT2D eigenvalue weighted by atomic mass is 35.5. The van der Waals surface area contributed by atoms with Gasteiger partial charge >= 0.3 is 5.69 Å². The van der Waals surface area contributed by atoms with Crippen LogP contribution in [0.25, 0.3) is 0 Å². The van der Waals surface area contributed by atoms with Crippen molar-refractivity contribution in [3.05, 3.63) is 56.3 Å². The van der Waals surface area contributed by atoms with E-state index in [9.17, 15) is 18.4 Å². The lowest BCUT2D eigenvalue weighted by molar-refractivity contribution is 0.537. The minimum Gasteiger partial charge on any atom is -0.755 e. The summed E-state index contributed by atoms with van der Waals surface area (Å²) in [5.74, 6) is 0. The van der Waals surface area contributed by atoms with Gasteiger partial charge in [0, 0.05) is 11.2 Å². The molecule has 1 unspecified atom stereocenters. The molecule has 0 fully saturated rings. The zero-order chi connectivity index (χ0) is 14.0. The van der Waals surface area contributed by atoms with E-state index >= 15 is 0 Å². The summed E-state index contributed by atoms with van der Waals surface area (Å²) in [6.07, 6.45) is 1.01. The summed E-state index contributed by atoms with van der Waals surface area (Å²) in [4.78, 5) is 26.7. The Labute approximate surface area is 114 Å². The second-order valence-electron chi connectivity index (χ2n) is 3.45. The maximum atomic E-state index is 11.6.